The Hall–Kier alpha value is -1.16. The van der Waals surface area contributed by atoms with E-state index < -0.39 is 31.7 Å². The Morgan fingerprint density at radius 3 is 1.44 bits per heavy atom. The van der Waals surface area contributed by atoms with E-state index in [1.807, 2.05) is 6.07 Å². The van der Waals surface area contributed by atoms with Gasteiger partial charge in [0.15, 0.2) is 0 Å². The predicted molar refractivity (Wildman–Crippen MR) is 65.6 cm³/mol. The van der Waals surface area contributed by atoms with Crippen molar-refractivity contribution in [2.24, 2.45) is 0 Å². The van der Waals surface area contributed by atoms with E-state index in [1.54, 1.807) is 24.3 Å². The van der Waals surface area contributed by atoms with E-state index in [1.165, 1.54) is 0 Å². The van der Waals surface area contributed by atoms with E-state index >= 15 is 0 Å². The Bertz CT molecular complexity index is 502. The number of phenolic OH excluding ortho intramolecular Hbond substituents is 1. The van der Waals surface area contributed by atoms with E-state index in [0.717, 1.165) is 0 Å². The predicted octanol–water partition coefficient (Wildman–Crippen LogP) is 0.544. The molecule has 0 aliphatic heterocycles. The summed E-state index contributed by atoms with van der Waals surface area (Å²) in [6.45, 7) is 0. The van der Waals surface area contributed by atoms with Crippen molar-refractivity contribution in [2.75, 3.05) is 11.5 Å². The smallest absolute Gasteiger partial charge is 0.264 e. The van der Waals surface area contributed by atoms with Gasteiger partial charge in [-0.1, -0.05) is 18.2 Å². The molecule has 9 heteroatoms. The average molecular weight is 298 g/mol. The number of benzene rings is 1. The van der Waals surface area contributed by atoms with Crippen LogP contribution in [0.3, 0.4) is 0 Å². The molecule has 0 bridgehead atoms. The standard InChI is InChI=1S/C6H6O.C3H8O6S2/c7-6-4-2-1-3-5-6;4-10(5,6)2-1-3-11(7,8)9/h1-5,7H;1-3H2,(H,4,5,6)(H,7,8,9). The maximum atomic E-state index is 10.00. The summed E-state index contributed by atoms with van der Waals surface area (Å²) in [5.74, 6) is -0.998. The maximum absolute atomic E-state index is 10.00. The first-order valence-corrected chi connectivity index (χ1v) is 7.96. The lowest BCUT2D eigenvalue weighted by atomic mass is 10.3. The lowest BCUT2D eigenvalue weighted by Crippen LogP contribution is -2.10. The Labute approximate surface area is 106 Å². The Balaban J connectivity index is 0.000000351. The fraction of sp³-hybridized carbons (Fsp3) is 0.333. The first-order chi connectivity index (χ1) is 8.10. The van der Waals surface area contributed by atoms with Crippen molar-refractivity contribution >= 4 is 20.2 Å². The summed E-state index contributed by atoms with van der Waals surface area (Å²) in [6.07, 6.45) is -0.308. The van der Waals surface area contributed by atoms with Crippen LogP contribution in [0.15, 0.2) is 30.3 Å². The second-order valence-electron chi connectivity index (χ2n) is 3.26. The largest absolute Gasteiger partial charge is 0.508 e. The molecule has 0 unspecified atom stereocenters. The molecule has 0 aliphatic rings. The second-order valence-corrected chi connectivity index (χ2v) is 6.41. The van der Waals surface area contributed by atoms with Gasteiger partial charge < -0.3 is 5.11 Å². The summed E-state index contributed by atoms with van der Waals surface area (Å²) in [5, 5.41) is 8.63. The Morgan fingerprint density at radius 2 is 1.22 bits per heavy atom. The normalized spacial score (nSPS) is 11.4. The van der Waals surface area contributed by atoms with Crippen LogP contribution in [0, 0.1) is 0 Å². The van der Waals surface area contributed by atoms with Crippen molar-refractivity contribution < 1.29 is 31.0 Å². The van der Waals surface area contributed by atoms with Crippen LogP contribution in [0.4, 0.5) is 0 Å². The maximum Gasteiger partial charge on any atom is 0.264 e. The van der Waals surface area contributed by atoms with Crippen molar-refractivity contribution in [2.45, 2.75) is 6.42 Å². The minimum atomic E-state index is -4.12. The molecule has 0 saturated heterocycles. The zero-order valence-electron chi connectivity index (χ0n) is 9.30. The number of aromatic hydroxyl groups is 1. The molecule has 1 rings (SSSR count). The molecule has 0 amide bonds. The lowest BCUT2D eigenvalue weighted by molar-refractivity contribution is 0.474. The van der Waals surface area contributed by atoms with Crippen molar-refractivity contribution in [3.63, 3.8) is 0 Å². The van der Waals surface area contributed by atoms with Gasteiger partial charge in [0.2, 0.25) is 0 Å². The molecule has 0 aliphatic carbocycles. The summed E-state index contributed by atoms with van der Waals surface area (Å²) in [7, 11) is -8.24. The molecule has 0 atom stereocenters. The van der Waals surface area contributed by atoms with Crippen LogP contribution in [-0.4, -0.2) is 42.6 Å². The van der Waals surface area contributed by atoms with Gasteiger partial charge in [0.1, 0.15) is 5.75 Å². The van der Waals surface area contributed by atoms with Crippen molar-refractivity contribution in [3.8, 4) is 5.75 Å². The average Bonchev–Trinajstić information content (AvgIpc) is 2.15. The number of rotatable bonds is 4. The zero-order valence-corrected chi connectivity index (χ0v) is 10.9. The van der Waals surface area contributed by atoms with Gasteiger partial charge >= 0.3 is 0 Å². The van der Waals surface area contributed by atoms with Crippen LogP contribution in [0.5, 0.6) is 5.75 Å². The second kappa shape index (κ2) is 7.31. The van der Waals surface area contributed by atoms with Crippen molar-refractivity contribution in [1.82, 2.24) is 0 Å². The van der Waals surface area contributed by atoms with Crippen molar-refractivity contribution in [1.29, 1.82) is 0 Å². The monoisotopic (exact) mass is 298 g/mol. The molecule has 0 heterocycles. The molecule has 3 N–H and O–H groups in total. The van der Waals surface area contributed by atoms with Gasteiger partial charge in [-0.2, -0.15) is 16.8 Å². The van der Waals surface area contributed by atoms with Gasteiger partial charge in [-0.3, -0.25) is 9.11 Å². The first kappa shape index (κ1) is 16.8. The quantitative estimate of drug-likeness (QED) is 0.692. The van der Waals surface area contributed by atoms with E-state index in [4.69, 9.17) is 14.2 Å². The summed E-state index contributed by atoms with van der Waals surface area (Å²) in [5.41, 5.74) is 0. The topological polar surface area (TPSA) is 129 Å². The molecule has 1 aromatic rings. The third-order valence-electron chi connectivity index (χ3n) is 1.56. The van der Waals surface area contributed by atoms with Crippen LogP contribution in [0.1, 0.15) is 6.42 Å². The van der Waals surface area contributed by atoms with Crippen molar-refractivity contribution in [3.05, 3.63) is 30.3 Å². The van der Waals surface area contributed by atoms with Gasteiger partial charge in [-0.15, -0.1) is 0 Å². The van der Waals surface area contributed by atoms with Crippen LogP contribution in [0.25, 0.3) is 0 Å². The molecule has 0 fully saturated rings. The summed E-state index contributed by atoms with van der Waals surface area (Å²) in [4.78, 5) is 0. The Kier molecular flexibility index (Phi) is 6.84. The first-order valence-electron chi connectivity index (χ1n) is 4.74. The highest BCUT2D eigenvalue weighted by Gasteiger charge is 2.08. The molecule has 0 spiro atoms. The lowest BCUT2D eigenvalue weighted by Gasteiger charge is -1.94. The molecular weight excluding hydrogens is 284 g/mol. The van der Waals surface area contributed by atoms with E-state index in [0.29, 0.717) is 5.75 Å². The van der Waals surface area contributed by atoms with Gasteiger partial charge in [0.25, 0.3) is 20.2 Å². The molecule has 0 aromatic heterocycles. The number of phenols is 1. The van der Waals surface area contributed by atoms with Gasteiger partial charge in [0, 0.05) is 0 Å². The molecule has 1 aromatic carbocycles. The fourth-order valence-electron chi connectivity index (χ4n) is 0.852. The zero-order chi connectivity index (χ0) is 14.2. The molecular formula is C9H14O7S2. The number of para-hydroxylation sites is 1. The SMILES string of the molecule is O=S(=O)(O)CCCS(=O)(=O)O.Oc1ccccc1. The summed E-state index contributed by atoms with van der Waals surface area (Å²) in [6, 6.07) is 8.71. The summed E-state index contributed by atoms with van der Waals surface area (Å²) < 4.78 is 56.2. The highest BCUT2D eigenvalue weighted by molar-refractivity contribution is 7.86. The molecule has 0 saturated carbocycles. The van der Waals surface area contributed by atoms with E-state index in [-0.39, 0.29) is 6.42 Å². The number of hydrogen-bond donors (Lipinski definition) is 3. The van der Waals surface area contributed by atoms with Gasteiger partial charge in [0.05, 0.1) is 11.5 Å². The molecule has 18 heavy (non-hydrogen) atoms. The van der Waals surface area contributed by atoms with Crippen LogP contribution in [0.2, 0.25) is 0 Å². The van der Waals surface area contributed by atoms with Gasteiger partial charge in [-0.05, 0) is 18.6 Å². The molecule has 0 radical (unpaired) electrons. The minimum absolute atomic E-state index is 0.308. The van der Waals surface area contributed by atoms with Crippen LogP contribution < -0.4 is 0 Å². The highest BCUT2D eigenvalue weighted by atomic mass is 32.2. The van der Waals surface area contributed by atoms with Gasteiger partial charge in [-0.25, -0.2) is 0 Å². The number of hydrogen-bond acceptors (Lipinski definition) is 5. The molecule has 7 nitrogen and oxygen atoms in total. The third-order valence-corrected chi connectivity index (χ3v) is 3.17. The van der Waals surface area contributed by atoms with E-state index in [9.17, 15) is 16.8 Å². The van der Waals surface area contributed by atoms with Crippen LogP contribution in [-0.2, 0) is 20.2 Å². The summed E-state index contributed by atoms with van der Waals surface area (Å²) >= 11 is 0. The minimum Gasteiger partial charge on any atom is -0.508 e. The highest BCUT2D eigenvalue weighted by Crippen LogP contribution is 2.02. The van der Waals surface area contributed by atoms with Crippen LogP contribution >= 0.6 is 0 Å². The Morgan fingerprint density at radius 1 is 0.833 bits per heavy atom. The fourth-order valence-corrected chi connectivity index (χ4v) is 2.05. The van der Waals surface area contributed by atoms with E-state index in [2.05, 4.69) is 0 Å². The molecule has 104 valence electrons. The third kappa shape index (κ3) is 12.9.